The summed E-state index contributed by atoms with van der Waals surface area (Å²) in [6.45, 7) is 2.95. The molecule has 0 heterocycles. The van der Waals surface area contributed by atoms with Gasteiger partial charge in [-0.3, -0.25) is 4.79 Å². The van der Waals surface area contributed by atoms with Gasteiger partial charge in [0.1, 0.15) is 11.5 Å². The van der Waals surface area contributed by atoms with E-state index in [0.29, 0.717) is 0 Å². The minimum absolute atomic E-state index is 0.171. The van der Waals surface area contributed by atoms with Crippen LogP contribution in [-0.2, 0) is 4.79 Å². The molecule has 0 spiro atoms. The second-order valence-corrected chi connectivity index (χ2v) is 6.38. The van der Waals surface area contributed by atoms with Gasteiger partial charge in [-0.1, -0.05) is 44.7 Å². The number of unbranched alkanes of at least 4 members (excludes halogenated alkanes) is 4. The number of anilines is 1. The highest BCUT2D eigenvalue weighted by molar-refractivity contribution is 6.01. The second kappa shape index (κ2) is 11.8. The molecule has 0 fully saturated rings. The Bertz CT molecular complexity index is 705. The number of ether oxygens (including phenoxy) is 2. The van der Waals surface area contributed by atoms with Gasteiger partial charge in [0.15, 0.2) is 0 Å². The molecule has 0 saturated carbocycles. The van der Waals surface area contributed by atoms with Crippen LogP contribution in [-0.4, -0.2) is 19.6 Å². The lowest BCUT2D eigenvalue weighted by Gasteiger charge is -2.07. The molecule has 2 aromatic carbocycles. The van der Waals surface area contributed by atoms with Crippen LogP contribution in [0.25, 0.3) is 6.08 Å². The van der Waals surface area contributed by atoms with Gasteiger partial charge in [-0.2, -0.15) is 0 Å². The maximum absolute atomic E-state index is 12.0. The van der Waals surface area contributed by atoms with Gasteiger partial charge in [-0.05, 0) is 54.5 Å². The number of hydrogen-bond donors (Lipinski definition) is 1. The van der Waals surface area contributed by atoms with Crippen molar-refractivity contribution in [2.24, 2.45) is 0 Å². The van der Waals surface area contributed by atoms with E-state index in [1.807, 2.05) is 48.5 Å². The van der Waals surface area contributed by atoms with Gasteiger partial charge in [0.05, 0.1) is 13.7 Å². The Kier molecular flexibility index (Phi) is 8.98. The number of amides is 1. The Morgan fingerprint density at radius 1 is 0.926 bits per heavy atom. The van der Waals surface area contributed by atoms with E-state index in [0.717, 1.165) is 35.8 Å². The highest BCUT2D eigenvalue weighted by Crippen LogP contribution is 2.17. The molecule has 0 aliphatic rings. The minimum Gasteiger partial charge on any atom is -0.497 e. The highest BCUT2D eigenvalue weighted by Gasteiger charge is 2.00. The topological polar surface area (TPSA) is 47.6 Å². The fourth-order valence-corrected chi connectivity index (χ4v) is 2.60. The first-order chi connectivity index (χ1) is 13.2. The Morgan fingerprint density at radius 3 is 2.26 bits per heavy atom. The molecule has 0 aromatic heterocycles. The summed E-state index contributed by atoms with van der Waals surface area (Å²) in [6.07, 6.45) is 9.39. The standard InChI is InChI=1S/C23H29NO3/c1-3-4-5-6-7-18-27-22-15-11-20(12-16-22)24-23(25)17-10-19-8-13-21(26-2)14-9-19/h8-17H,3-7,18H2,1-2H3,(H,24,25)/b17-10+. The van der Waals surface area contributed by atoms with Crippen molar-refractivity contribution in [3.63, 3.8) is 0 Å². The second-order valence-electron chi connectivity index (χ2n) is 6.38. The molecule has 27 heavy (non-hydrogen) atoms. The zero-order chi connectivity index (χ0) is 19.3. The Morgan fingerprint density at radius 2 is 1.59 bits per heavy atom. The summed E-state index contributed by atoms with van der Waals surface area (Å²) in [5, 5.41) is 2.85. The molecule has 0 radical (unpaired) electrons. The SMILES string of the molecule is CCCCCCCOc1ccc(NC(=O)/C=C/c2ccc(OC)cc2)cc1. The lowest BCUT2D eigenvalue weighted by molar-refractivity contribution is -0.111. The summed E-state index contributed by atoms with van der Waals surface area (Å²) < 4.78 is 10.8. The molecular formula is C23H29NO3. The zero-order valence-electron chi connectivity index (χ0n) is 16.2. The molecule has 0 aliphatic carbocycles. The monoisotopic (exact) mass is 367 g/mol. The van der Waals surface area contributed by atoms with E-state index in [1.165, 1.54) is 31.8 Å². The van der Waals surface area contributed by atoms with Crippen LogP contribution in [0.3, 0.4) is 0 Å². The number of nitrogens with one attached hydrogen (secondary N) is 1. The number of methoxy groups -OCH3 is 1. The summed E-state index contributed by atoms with van der Waals surface area (Å²) >= 11 is 0. The molecule has 144 valence electrons. The van der Waals surface area contributed by atoms with E-state index < -0.39 is 0 Å². The third-order valence-electron chi connectivity index (χ3n) is 4.18. The fraction of sp³-hybridized carbons (Fsp3) is 0.348. The first kappa shape index (κ1) is 20.6. The van der Waals surface area contributed by atoms with Crippen LogP contribution in [0, 0.1) is 0 Å². The lowest BCUT2D eigenvalue weighted by atomic mass is 10.2. The summed E-state index contributed by atoms with van der Waals surface area (Å²) in [4.78, 5) is 12.0. The van der Waals surface area contributed by atoms with Crippen molar-refractivity contribution in [3.8, 4) is 11.5 Å². The lowest BCUT2D eigenvalue weighted by Crippen LogP contribution is -2.07. The molecule has 4 heteroatoms. The van der Waals surface area contributed by atoms with Gasteiger partial charge in [0.25, 0.3) is 0 Å². The molecule has 0 bridgehead atoms. The Hall–Kier alpha value is -2.75. The summed E-state index contributed by atoms with van der Waals surface area (Å²) in [5.41, 5.74) is 1.68. The summed E-state index contributed by atoms with van der Waals surface area (Å²) in [5.74, 6) is 1.45. The first-order valence-electron chi connectivity index (χ1n) is 9.57. The molecule has 0 unspecified atom stereocenters. The number of rotatable bonds is 11. The summed E-state index contributed by atoms with van der Waals surface area (Å²) in [6, 6.07) is 15.0. The van der Waals surface area contributed by atoms with Crippen molar-refractivity contribution >= 4 is 17.7 Å². The third kappa shape index (κ3) is 7.99. The van der Waals surface area contributed by atoms with E-state index in [2.05, 4.69) is 12.2 Å². The minimum atomic E-state index is -0.171. The molecule has 2 rings (SSSR count). The van der Waals surface area contributed by atoms with E-state index >= 15 is 0 Å². The molecule has 2 aromatic rings. The number of carbonyl (C=O) groups is 1. The predicted octanol–water partition coefficient (Wildman–Crippen LogP) is 5.70. The van der Waals surface area contributed by atoms with Crippen LogP contribution in [0.5, 0.6) is 11.5 Å². The molecule has 0 aliphatic heterocycles. The molecule has 0 atom stereocenters. The maximum Gasteiger partial charge on any atom is 0.248 e. The Labute approximate surface area is 162 Å². The van der Waals surface area contributed by atoms with Crippen molar-refractivity contribution < 1.29 is 14.3 Å². The van der Waals surface area contributed by atoms with E-state index in [4.69, 9.17) is 9.47 Å². The van der Waals surface area contributed by atoms with Crippen LogP contribution in [0.15, 0.2) is 54.6 Å². The summed E-state index contributed by atoms with van der Waals surface area (Å²) in [7, 11) is 1.63. The van der Waals surface area contributed by atoms with Gasteiger partial charge in [0.2, 0.25) is 5.91 Å². The van der Waals surface area contributed by atoms with Crippen LogP contribution < -0.4 is 14.8 Å². The van der Waals surface area contributed by atoms with Crippen molar-refractivity contribution in [1.29, 1.82) is 0 Å². The first-order valence-corrected chi connectivity index (χ1v) is 9.57. The predicted molar refractivity (Wildman–Crippen MR) is 111 cm³/mol. The van der Waals surface area contributed by atoms with Gasteiger partial charge in [-0.15, -0.1) is 0 Å². The fourth-order valence-electron chi connectivity index (χ4n) is 2.60. The number of hydrogen-bond acceptors (Lipinski definition) is 3. The van der Waals surface area contributed by atoms with Crippen molar-refractivity contribution in [1.82, 2.24) is 0 Å². The molecule has 4 nitrogen and oxygen atoms in total. The van der Waals surface area contributed by atoms with E-state index in [-0.39, 0.29) is 5.91 Å². The quantitative estimate of drug-likeness (QED) is 0.409. The third-order valence-corrected chi connectivity index (χ3v) is 4.18. The van der Waals surface area contributed by atoms with Crippen LogP contribution in [0.2, 0.25) is 0 Å². The zero-order valence-corrected chi connectivity index (χ0v) is 16.2. The smallest absolute Gasteiger partial charge is 0.248 e. The van der Waals surface area contributed by atoms with Crippen LogP contribution >= 0.6 is 0 Å². The highest BCUT2D eigenvalue weighted by atomic mass is 16.5. The molecule has 0 saturated heterocycles. The van der Waals surface area contributed by atoms with Crippen molar-refractivity contribution in [2.45, 2.75) is 39.0 Å². The number of benzene rings is 2. The Balaban J connectivity index is 1.74. The normalized spacial score (nSPS) is 10.7. The van der Waals surface area contributed by atoms with Gasteiger partial charge >= 0.3 is 0 Å². The number of carbonyl (C=O) groups excluding carboxylic acids is 1. The average molecular weight is 367 g/mol. The van der Waals surface area contributed by atoms with E-state index in [1.54, 1.807) is 13.2 Å². The van der Waals surface area contributed by atoms with Gasteiger partial charge in [-0.25, -0.2) is 0 Å². The van der Waals surface area contributed by atoms with E-state index in [9.17, 15) is 4.79 Å². The largest absolute Gasteiger partial charge is 0.497 e. The van der Waals surface area contributed by atoms with Gasteiger partial charge in [0, 0.05) is 11.8 Å². The van der Waals surface area contributed by atoms with Crippen molar-refractivity contribution in [2.75, 3.05) is 19.0 Å². The van der Waals surface area contributed by atoms with Crippen molar-refractivity contribution in [3.05, 3.63) is 60.2 Å². The van der Waals surface area contributed by atoms with Gasteiger partial charge < -0.3 is 14.8 Å². The maximum atomic E-state index is 12.0. The molecule has 1 amide bonds. The van der Waals surface area contributed by atoms with Crippen LogP contribution in [0.1, 0.15) is 44.6 Å². The average Bonchev–Trinajstić information content (AvgIpc) is 2.70. The molecular weight excluding hydrogens is 338 g/mol. The van der Waals surface area contributed by atoms with Crippen LogP contribution in [0.4, 0.5) is 5.69 Å². The molecule has 1 N–H and O–H groups in total.